The van der Waals surface area contributed by atoms with Crippen molar-refractivity contribution in [3.05, 3.63) is 12.7 Å². The first-order valence-corrected chi connectivity index (χ1v) is 8.57. The van der Waals surface area contributed by atoms with Crippen molar-refractivity contribution in [2.24, 2.45) is 4.99 Å². The molecule has 0 aliphatic carbocycles. The summed E-state index contributed by atoms with van der Waals surface area (Å²) in [6.07, 6.45) is 8.83. The first-order chi connectivity index (χ1) is 10.7. The molecule has 0 unspecified atom stereocenters. The average molecular weight is 436 g/mol. The Balaban J connectivity index is 0.00000484. The number of hydrogen-bond donors (Lipinski definition) is 1. The molecule has 1 aliphatic heterocycles. The Bertz CT molecular complexity index is 368. The molecular formula is C17H33IN4O. The van der Waals surface area contributed by atoms with E-state index in [4.69, 9.17) is 0 Å². The molecule has 23 heavy (non-hydrogen) atoms. The number of rotatable bonds is 9. The highest BCUT2D eigenvalue weighted by Crippen LogP contribution is 2.07. The van der Waals surface area contributed by atoms with Gasteiger partial charge in [0.2, 0.25) is 5.91 Å². The van der Waals surface area contributed by atoms with Crippen molar-refractivity contribution in [1.82, 2.24) is 15.1 Å². The monoisotopic (exact) mass is 436 g/mol. The average Bonchev–Trinajstić information content (AvgIpc) is 3.05. The molecule has 0 aromatic rings. The summed E-state index contributed by atoms with van der Waals surface area (Å²) < 4.78 is 0. The van der Waals surface area contributed by atoms with Gasteiger partial charge in [-0.15, -0.1) is 30.6 Å². The van der Waals surface area contributed by atoms with Crippen molar-refractivity contribution in [2.45, 2.75) is 45.4 Å². The van der Waals surface area contributed by atoms with Gasteiger partial charge in [-0.3, -0.25) is 4.79 Å². The zero-order valence-electron chi connectivity index (χ0n) is 14.7. The van der Waals surface area contributed by atoms with Crippen LogP contribution in [-0.2, 0) is 4.79 Å². The SMILES string of the molecule is C=CCCCCCN(C)C(=NCC(=O)N1CCCC1)NCC.I. The third kappa shape index (κ3) is 9.17. The first kappa shape index (κ1) is 22.2. The number of guanidine groups is 1. The lowest BCUT2D eigenvalue weighted by Gasteiger charge is -2.22. The van der Waals surface area contributed by atoms with E-state index in [-0.39, 0.29) is 36.4 Å². The smallest absolute Gasteiger partial charge is 0.244 e. The van der Waals surface area contributed by atoms with Crippen LogP contribution in [0.5, 0.6) is 0 Å². The maximum absolute atomic E-state index is 12.1. The van der Waals surface area contributed by atoms with Crippen LogP contribution in [0.1, 0.15) is 45.4 Å². The Morgan fingerprint density at radius 2 is 2.00 bits per heavy atom. The molecule has 0 aromatic heterocycles. The van der Waals surface area contributed by atoms with Gasteiger partial charge in [0.15, 0.2) is 5.96 Å². The number of carbonyl (C=O) groups excluding carboxylic acids is 1. The number of aliphatic imine (C=N–C) groups is 1. The molecule has 0 saturated carbocycles. The summed E-state index contributed by atoms with van der Waals surface area (Å²) in [5.41, 5.74) is 0. The molecular weight excluding hydrogens is 403 g/mol. The Hall–Kier alpha value is -0.790. The van der Waals surface area contributed by atoms with Crippen molar-refractivity contribution in [2.75, 3.05) is 39.8 Å². The van der Waals surface area contributed by atoms with E-state index in [1.54, 1.807) is 0 Å². The molecule has 0 bridgehead atoms. The lowest BCUT2D eigenvalue weighted by Crippen LogP contribution is -2.40. The first-order valence-electron chi connectivity index (χ1n) is 8.57. The van der Waals surface area contributed by atoms with Gasteiger partial charge in [0.05, 0.1) is 0 Å². The molecule has 0 atom stereocenters. The molecule has 1 heterocycles. The Labute approximate surface area is 158 Å². The Kier molecular flexibility index (Phi) is 13.2. The third-order valence-corrected chi connectivity index (χ3v) is 3.92. The maximum atomic E-state index is 12.1. The van der Waals surface area contributed by atoms with Crippen LogP contribution in [0.25, 0.3) is 0 Å². The zero-order valence-corrected chi connectivity index (χ0v) is 17.1. The quantitative estimate of drug-likeness (QED) is 0.199. The molecule has 1 N–H and O–H groups in total. The Morgan fingerprint density at radius 1 is 1.30 bits per heavy atom. The zero-order chi connectivity index (χ0) is 16.2. The number of likely N-dealkylation sites (tertiary alicyclic amines) is 1. The van der Waals surface area contributed by atoms with E-state index in [1.807, 2.05) is 18.0 Å². The number of nitrogens with one attached hydrogen (secondary N) is 1. The lowest BCUT2D eigenvalue weighted by molar-refractivity contribution is -0.128. The van der Waals surface area contributed by atoms with E-state index in [0.717, 1.165) is 57.8 Å². The molecule has 1 rings (SSSR count). The van der Waals surface area contributed by atoms with Crippen molar-refractivity contribution in [3.63, 3.8) is 0 Å². The second-order valence-electron chi connectivity index (χ2n) is 5.82. The summed E-state index contributed by atoms with van der Waals surface area (Å²) in [7, 11) is 2.04. The van der Waals surface area contributed by atoms with Crippen LogP contribution in [0.4, 0.5) is 0 Å². The normalized spacial score (nSPS) is 14.3. The van der Waals surface area contributed by atoms with Crippen LogP contribution < -0.4 is 5.32 Å². The van der Waals surface area contributed by atoms with Crippen molar-refractivity contribution < 1.29 is 4.79 Å². The van der Waals surface area contributed by atoms with E-state index >= 15 is 0 Å². The minimum Gasteiger partial charge on any atom is -0.357 e. The number of amides is 1. The predicted molar refractivity (Wildman–Crippen MR) is 109 cm³/mol. The molecule has 0 radical (unpaired) electrons. The van der Waals surface area contributed by atoms with Gasteiger partial charge in [0.25, 0.3) is 0 Å². The fraction of sp³-hybridized carbons (Fsp3) is 0.765. The molecule has 134 valence electrons. The number of halogens is 1. The Morgan fingerprint density at radius 3 is 2.61 bits per heavy atom. The van der Waals surface area contributed by atoms with Crippen molar-refractivity contribution >= 4 is 35.8 Å². The summed E-state index contributed by atoms with van der Waals surface area (Å²) in [4.78, 5) is 20.6. The third-order valence-electron chi connectivity index (χ3n) is 3.92. The summed E-state index contributed by atoms with van der Waals surface area (Å²) >= 11 is 0. The van der Waals surface area contributed by atoms with Gasteiger partial charge >= 0.3 is 0 Å². The fourth-order valence-electron chi connectivity index (χ4n) is 2.60. The molecule has 1 amide bonds. The van der Waals surface area contributed by atoms with E-state index in [0.29, 0.717) is 0 Å². The van der Waals surface area contributed by atoms with Gasteiger partial charge < -0.3 is 15.1 Å². The highest BCUT2D eigenvalue weighted by molar-refractivity contribution is 14.0. The highest BCUT2D eigenvalue weighted by atomic mass is 127. The highest BCUT2D eigenvalue weighted by Gasteiger charge is 2.17. The summed E-state index contributed by atoms with van der Waals surface area (Å²) in [5, 5.41) is 3.27. The number of unbranched alkanes of at least 4 members (excludes halogenated alkanes) is 3. The van der Waals surface area contributed by atoms with Gasteiger partial charge in [-0.05, 0) is 39.0 Å². The van der Waals surface area contributed by atoms with Crippen LogP contribution in [0.15, 0.2) is 17.6 Å². The van der Waals surface area contributed by atoms with E-state index in [1.165, 1.54) is 12.8 Å². The predicted octanol–water partition coefficient (Wildman–Crippen LogP) is 2.87. The van der Waals surface area contributed by atoms with Gasteiger partial charge in [0.1, 0.15) is 6.54 Å². The van der Waals surface area contributed by atoms with Gasteiger partial charge in [-0.1, -0.05) is 12.5 Å². The minimum atomic E-state index is 0. The summed E-state index contributed by atoms with van der Waals surface area (Å²) in [6.45, 7) is 9.61. The maximum Gasteiger partial charge on any atom is 0.244 e. The standard InChI is InChI=1S/C17H32N4O.HI/c1-4-6-7-8-9-12-20(3)17(18-5-2)19-15-16(22)21-13-10-11-14-21;/h4H,1,5-15H2,2-3H3,(H,18,19);1H. The number of allylic oxidation sites excluding steroid dienone is 1. The van der Waals surface area contributed by atoms with E-state index in [9.17, 15) is 4.79 Å². The number of nitrogens with zero attached hydrogens (tertiary/aromatic N) is 3. The molecule has 1 saturated heterocycles. The topological polar surface area (TPSA) is 47.9 Å². The van der Waals surface area contributed by atoms with Crippen LogP contribution >= 0.6 is 24.0 Å². The van der Waals surface area contributed by atoms with Crippen LogP contribution in [-0.4, -0.2) is 61.4 Å². The molecule has 5 nitrogen and oxygen atoms in total. The second kappa shape index (κ2) is 13.6. The van der Waals surface area contributed by atoms with Crippen molar-refractivity contribution in [3.8, 4) is 0 Å². The van der Waals surface area contributed by atoms with Crippen LogP contribution in [0.2, 0.25) is 0 Å². The fourth-order valence-corrected chi connectivity index (χ4v) is 2.60. The van der Waals surface area contributed by atoms with E-state index in [2.05, 4.69) is 28.7 Å². The van der Waals surface area contributed by atoms with Crippen LogP contribution in [0.3, 0.4) is 0 Å². The molecule has 1 fully saturated rings. The number of carbonyl (C=O) groups is 1. The summed E-state index contributed by atoms with van der Waals surface area (Å²) in [5.74, 6) is 0.978. The van der Waals surface area contributed by atoms with Gasteiger partial charge in [0, 0.05) is 33.2 Å². The molecule has 6 heteroatoms. The largest absolute Gasteiger partial charge is 0.357 e. The van der Waals surface area contributed by atoms with E-state index < -0.39 is 0 Å². The van der Waals surface area contributed by atoms with Gasteiger partial charge in [-0.25, -0.2) is 4.99 Å². The molecule has 1 aliphatic rings. The minimum absolute atomic E-state index is 0. The molecule has 0 spiro atoms. The number of hydrogen-bond acceptors (Lipinski definition) is 2. The summed E-state index contributed by atoms with van der Waals surface area (Å²) in [6, 6.07) is 0. The van der Waals surface area contributed by atoms with Gasteiger partial charge in [-0.2, -0.15) is 0 Å². The lowest BCUT2D eigenvalue weighted by atomic mass is 10.2. The molecule has 0 aromatic carbocycles. The second-order valence-corrected chi connectivity index (χ2v) is 5.82. The van der Waals surface area contributed by atoms with Crippen molar-refractivity contribution in [1.29, 1.82) is 0 Å². The van der Waals surface area contributed by atoms with Crippen LogP contribution in [0, 0.1) is 0 Å².